The molecule has 2 heterocycles. The highest BCUT2D eigenvalue weighted by molar-refractivity contribution is 6.30. The molecule has 3 rings (SSSR count). The van der Waals surface area contributed by atoms with Crippen molar-refractivity contribution in [2.24, 2.45) is 7.05 Å². The number of aromatic hydroxyl groups is 1. The first-order chi connectivity index (χ1) is 16.2. The number of carboxylic acid groups (broad SMARTS) is 1. The molecule has 1 aromatic carbocycles. The van der Waals surface area contributed by atoms with Crippen LogP contribution in [0.5, 0.6) is 5.75 Å². The molecule has 0 radical (unpaired) electrons. The number of aliphatic carboxylic acids is 1. The molecular weight excluding hydrogens is 504 g/mol. The minimum absolute atomic E-state index is 0.0247. The molecular formula is C20H21ClF4N4O6. The van der Waals surface area contributed by atoms with Gasteiger partial charge in [0.05, 0.1) is 24.3 Å². The van der Waals surface area contributed by atoms with E-state index in [1.54, 1.807) is 0 Å². The standard InChI is InChI=1S/C18H20ClFN4O4.C2HF3O2/c1-23-5-6-28-9-13(23)16-22-14(15(25)18(27)24(16)2)17(26)21-8-10-3-4-12(20)11(19)7-10;3-2(4,5)1(6)7/h3-4,7,13,25H,5-6,8-9H2,1-2H3,(H,21,26);(H,6,7). The number of carbonyl (C=O) groups excluding carboxylic acids is 1. The highest BCUT2D eigenvalue weighted by Crippen LogP contribution is 2.22. The number of morpholine rings is 1. The Bertz CT molecular complexity index is 1160. The van der Waals surface area contributed by atoms with Crippen molar-refractivity contribution >= 4 is 23.5 Å². The zero-order valence-corrected chi connectivity index (χ0v) is 19.2. The van der Waals surface area contributed by atoms with Gasteiger partial charge in [-0.15, -0.1) is 0 Å². The third-order valence-electron chi connectivity index (χ3n) is 4.89. The first-order valence-corrected chi connectivity index (χ1v) is 10.2. The highest BCUT2D eigenvalue weighted by atomic mass is 35.5. The number of likely N-dealkylation sites (N-methyl/N-ethyl adjacent to an activating group) is 1. The summed E-state index contributed by atoms with van der Waals surface area (Å²) >= 11 is 5.73. The molecule has 1 atom stereocenters. The number of hydrogen-bond donors (Lipinski definition) is 3. The fourth-order valence-electron chi connectivity index (χ4n) is 2.94. The second-order valence-corrected chi connectivity index (χ2v) is 7.74. The molecule has 1 fully saturated rings. The molecule has 0 spiro atoms. The summed E-state index contributed by atoms with van der Waals surface area (Å²) in [6.07, 6.45) is -5.08. The smallest absolute Gasteiger partial charge is 0.490 e. The van der Waals surface area contributed by atoms with Crippen molar-refractivity contribution in [1.82, 2.24) is 19.8 Å². The van der Waals surface area contributed by atoms with Gasteiger partial charge in [0.1, 0.15) is 11.6 Å². The van der Waals surface area contributed by atoms with Crippen LogP contribution in [0.4, 0.5) is 17.6 Å². The fourth-order valence-corrected chi connectivity index (χ4v) is 3.14. The SMILES string of the molecule is CN1CCOCC1c1nc(C(=O)NCc2ccc(F)c(Cl)c2)c(O)c(=O)n1C.O=C(O)C(F)(F)F. The van der Waals surface area contributed by atoms with Crippen LogP contribution in [0.1, 0.15) is 27.9 Å². The maximum Gasteiger partial charge on any atom is 0.490 e. The number of hydrogen-bond acceptors (Lipinski definition) is 7. The summed E-state index contributed by atoms with van der Waals surface area (Å²) < 4.78 is 51.6. The molecule has 1 saturated heterocycles. The number of halogens is 5. The van der Waals surface area contributed by atoms with E-state index >= 15 is 0 Å². The Balaban J connectivity index is 0.000000540. The summed E-state index contributed by atoms with van der Waals surface area (Å²) in [6, 6.07) is 3.72. The molecule has 0 aliphatic carbocycles. The lowest BCUT2D eigenvalue weighted by atomic mass is 10.2. The zero-order chi connectivity index (χ0) is 26.5. The Morgan fingerprint density at radius 2 is 1.94 bits per heavy atom. The summed E-state index contributed by atoms with van der Waals surface area (Å²) in [5.74, 6) is -4.46. The van der Waals surface area contributed by atoms with Crippen LogP contribution >= 0.6 is 11.6 Å². The summed E-state index contributed by atoms with van der Waals surface area (Å²) in [6.45, 7) is 1.55. The number of carbonyl (C=O) groups is 2. The van der Waals surface area contributed by atoms with E-state index in [4.69, 9.17) is 26.2 Å². The third-order valence-corrected chi connectivity index (χ3v) is 5.18. The summed E-state index contributed by atoms with van der Waals surface area (Å²) in [4.78, 5) is 40.0. The Labute approximate surface area is 200 Å². The Hall–Kier alpha value is -3.23. The topological polar surface area (TPSA) is 134 Å². The first kappa shape index (κ1) is 28.0. The predicted octanol–water partition coefficient (Wildman–Crippen LogP) is 1.84. The van der Waals surface area contributed by atoms with Crippen LogP contribution in [0.3, 0.4) is 0 Å². The van der Waals surface area contributed by atoms with Gasteiger partial charge in [-0.2, -0.15) is 13.2 Å². The van der Waals surface area contributed by atoms with Gasteiger partial charge < -0.3 is 20.3 Å². The van der Waals surface area contributed by atoms with Crippen LogP contribution in [-0.4, -0.2) is 69.5 Å². The lowest BCUT2D eigenvalue weighted by Crippen LogP contribution is -2.41. The van der Waals surface area contributed by atoms with E-state index in [0.717, 1.165) is 0 Å². The normalized spacial score (nSPS) is 16.3. The quantitative estimate of drug-likeness (QED) is 0.516. The Morgan fingerprint density at radius 3 is 2.49 bits per heavy atom. The number of nitrogens with one attached hydrogen (secondary N) is 1. The summed E-state index contributed by atoms with van der Waals surface area (Å²) in [5, 5.41) is 19.8. The fraction of sp³-hybridized carbons (Fsp3) is 0.400. The molecule has 2 aromatic rings. The first-order valence-electron chi connectivity index (χ1n) is 9.84. The van der Waals surface area contributed by atoms with Crippen molar-refractivity contribution in [2.45, 2.75) is 18.8 Å². The largest absolute Gasteiger partial charge is 0.501 e. The molecule has 192 valence electrons. The van der Waals surface area contributed by atoms with Gasteiger partial charge in [-0.3, -0.25) is 19.1 Å². The lowest BCUT2D eigenvalue weighted by molar-refractivity contribution is -0.192. The van der Waals surface area contributed by atoms with Gasteiger partial charge >= 0.3 is 12.1 Å². The van der Waals surface area contributed by atoms with Gasteiger partial charge in [-0.05, 0) is 24.7 Å². The number of alkyl halides is 3. The van der Waals surface area contributed by atoms with Crippen LogP contribution < -0.4 is 10.9 Å². The van der Waals surface area contributed by atoms with Gasteiger partial charge in [-0.25, -0.2) is 14.2 Å². The number of nitrogens with zero attached hydrogens (tertiary/aromatic N) is 3. The molecule has 1 aliphatic rings. The summed E-state index contributed by atoms with van der Waals surface area (Å²) in [5.41, 5.74) is -0.534. The number of aromatic nitrogens is 2. The van der Waals surface area contributed by atoms with Crippen LogP contribution in [0.2, 0.25) is 5.02 Å². The van der Waals surface area contributed by atoms with E-state index in [9.17, 15) is 32.3 Å². The van der Waals surface area contributed by atoms with Gasteiger partial charge in [0.15, 0.2) is 5.69 Å². The highest BCUT2D eigenvalue weighted by Gasteiger charge is 2.38. The molecule has 0 bridgehead atoms. The second-order valence-electron chi connectivity index (χ2n) is 7.34. The molecule has 0 saturated carbocycles. The molecule has 1 amide bonds. The Morgan fingerprint density at radius 1 is 1.31 bits per heavy atom. The van der Waals surface area contributed by atoms with Gasteiger partial charge in [0.25, 0.3) is 11.5 Å². The van der Waals surface area contributed by atoms with Crippen molar-refractivity contribution in [3.05, 3.63) is 56.5 Å². The Kier molecular flexibility index (Phi) is 9.18. The number of amides is 1. The number of carboxylic acids is 1. The molecule has 1 aliphatic heterocycles. The molecule has 3 N–H and O–H groups in total. The molecule has 10 nitrogen and oxygen atoms in total. The lowest BCUT2D eigenvalue weighted by Gasteiger charge is -2.32. The van der Waals surface area contributed by atoms with Gasteiger partial charge in [-0.1, -0.05) is 17.7 Å². The molecule has 1 aromatic heterocycles. The van der Waals surface area contributed by atoms with Gasteiger partial charge in [0, 0.05) is 20.1 Å². The van der Waals surface area contributed by atoms with Crippen LogP contribution in [0.15, 0.2) is 23.0 Å². The third kappa shape index (κ3) is 7.13. The number of ether oxygens (including phenoxy) is 1. The number of benzene rings is 1. The van der Waals surface area contributed by atoms with E-state index in [0.29, 0.717) is 31.1 Å². The van der Waals surface area contributed by atoms with Crippen molar-refractivity contribution < 1.29 is 42.1 Å². The van der Waals surface area contributed by atoms with Crippen molar-refractivity contribution in [2.75, 3.05) is 26.8 Å². The minimum Gasteiger partial charge on any atom is -0.501 e. The van der Waals surface area contributed by atoms with Gasteiger partial charge in [0.2, 0.25) is 5.75 Å². The molecule has 15 heteroatoms. The average Bonchev–Trinajstić information content (AvgIpc) is 2.79. The monoisotopic (exact) mass is 524 g/mol. The van der Waals surface area contributed by atoms with E-state index in [2.05, 4.69) is 10.3 Å². The minimum atomic E-state index is -5.08. The second kappa shape index (κ2) is 11.5. The maximum atomic E-state index is 13.2. The molecule has 1 unspecified atom stereocenters. The average molecular weight is 525 g/mol. The zero-order valence-electron chi connectivity index (χ0n) is 18.4. The van der Waals surface area contributed by atoms with Crippen LogP contribution in [0, 0.1) is 5.82 Å². The van der Waals surface area contributed by atoms with Crippen LogP contribution in [-0.2, 0) is 23.1 Å². The van der Waals surface area contributed by atoms with Crippen molar-refractivity contribution in [3.8, 4) is 5.75 Å². The van der Waals surface area contributed by atoms with E-state index < -0.39 is 35.2 Å². The number of rotatable bonds is 4. The summed E-state index contributed by atoms with van der Waals surface area (Å²) in [7, 11) is 3.35. The molecule has 35 heavy (non-hydrogen) atoms. The predicted molar refractivity (Wildman–Crippen MR) is 114 cm³/mol. The van der Waals surface area contributed by atoms with E-state index in [1.165, 1.54) is 29.8 Å². The van der Waals surface area contributed by atoms with Crippen LogP contribution in [0.25, 0.3) is 0 Å². The van der Waals surface area contributed by atoms with E-state index in [-0.39, 0.29) is 23.3 Å². The van der Waals surface area contributed by atoms with Crippen molar-refractivity contribution in [3.63, 3.8) is 0 Å². The van der Waals surface area contributed by atoms with E-state index in [1.807, 2.05) is 11.9 Å². The maximum absolute atomic E-state index is 13.2. The van der Waals surface area contributed by atoms with Crippen molar-refractivity contribution in [1.29, 1.82) is 0 Å².